The van der Waals surface area contributed by atoms with Gasteiger partial charge in [-0.1, -0.05) is 30.3 Å². The molecule has 6 nitrogen and oxygen atoms in total. The monoisotopic (exact) mass is 408 g/mol. The number of carbonyl (C=O) groups excluding carboxylic acids is 1. The Hall–Kier alpha value is -2.60. The van der Waals surface area contributed by atoms with Crippen molar-refractivity contribution in [2.45, 2.75) is 64.3 Å². The molecule has 2 N–H and O–H groups in total. The van der Waals surface area contributed by atoms with Gasteiger partial charge in [0.25, 0.3) is 0 Å². The van der Waals surface area contributed by atoms with Crippen LogP contribution in [0.2, 0.25) is 0 Å². The van der Waals surface area contributed by atoms with E-state index in [1.807, 2.05) is 18.2 Å². The highest BCUT2D eigenvalue weighted by atomic mass is 16.5. The molecule has 6 heteroatoms. The number of amides is 2. The summed E-state index contributed by atoms with van der Waals surface area (Å²) in [5.74, 6) is 0.639. The Balaban J connectivity index is 1.28. The molecule has 1 aliphatic heterocycles. The summed E-state index contributed by atoms with van der Waals surface area (Å²) in [6.07, 6.45) is 9.15. The SMILES string of the molecule is O=C(NCc1ccccc1CN1CCCC1)NCc1cccnc1OC1CCCC1. The Kier molecular flexibility index (Phi) is 7.19. The molecule has 2 aromatic rings. The maximum atomic E-state index is 12.4. The maximum absolute atomic E-state index is 12.4. The lowest BCUT2D eigenvalue weighted by molar-refractivity contribution is 0.198. The Morgan fingerprint density at radius 1 is 0.933 bits per heavy atom. The molecule has 0 unspecified atom stereocenters. The summed E-state index contributed by atoms with van der Waals surface area (Å²) in [6, 6.07) is 12.0. The summed E-state index contributed by atoms with van der Waals surface area (Å²) in [5.41, 5.74) is 3.37. The molecule has 2 amide bonds. The zero-order valence-electron chi connectivity index (χ0n) is 17.6. The zero-order valence-corrected chi connectivity index (χ0v) is 17.6. The van der Waals surface area contributed by atoms with Crippen molar-refractivity contribution in [2.24, 2.45) is 0 Å². The van der Waals surface area contributed by atoms with Crippen molar-refractivity contribution in [2.75, 3.05) is 13.1 Å². The van der Waals surface area contributed by atoms with Crippen LogP contribution in [0.15, 0.2) is 42.6 Å². The molecule has 1 aliphatic carbocycles. The summed E-state index contributed by atoms with van der Waals surface area (Å²) >= 11 is 0. The first-order valence-corrected chi connectivity index (χ1v) is 11.2. The lowest BCUT2D eigenvalue weighted by atomic mass is 10.1. The van der Waals surface area contributed by atoms with Crippen LogP contribution in [-0.2, 0) is 19.6 Å². The summed E-state index contributed by atoms with van der Waals surface area (Å²) in [4.78, 5) is 19.3. The lowest BCUT2D eigenvalue weighted by Gasteiger charge is -2.18. The van der Waals surface area contributed by atoms with E-state index in [-0.39, 0.29) is 12.1 Å². The summed E-state index contributed by atoms with van der Waals surface area (Å²) in [5, 5.41) is 5.94. The number of urea groups is 1. The van der Waals surface area contributed by atoms with Crippen LogP contribution >= 0.6 is 0 Å². The first-order chi connectivity index (χ1) is 14.8. The first-order valence-electron chi connectivity index (χ1n) is 11.2. The van der Waals surface area contributed by atoms with Gasteiger partial charge in [0.2, 0.25) is 5.88 Å². The number of hydrogen-bond acceptors (Lipinski definition) is 4. The number of hydrogen-bond donors (Lipinski definition) is 2. The summed E-state index contributed by atoms with van der Waals surface area (Å²) < 4.78 is 6.06. The predicted octanol–water partition coefficient (Wildman–Crippen LogP) is 4.00. The summed E-state index contributed by atoms with van der Waals surface area (Å²) in [6.45, 7) is 4.21. The van der Waals surface area contributed by atoms with Crippen molar-refractivity contribution in [1.29, 1.82) is 0 Å². The Labute approximate surface area is 179 Å². The zero-order chi connectivity index (χ0) is 20.6. The third kappa shape index (κ3) is 5.72. The Morgan fingerprint density at radius 3 is 2.37 bits per heavy atom. The molecule has 1 aromatic carbocycles. The van der Waals surface area contributed by atoms with E-state index in [1.165, 1.54) is 49.9 Å². The molecule has 2 aliphatic rings. The highest BCUT2D eigenvalue weighted by molar-refractivity contribution is 5.73. The lowest BCUT2D eigenvalue weighted by Crippen LogP contribution is -2.35. The van der Waals surface area contributed by atoms with Crippen LogP contribution in [0.5, 0.6) is 5.88 Å². The van der Waals surface area contributed by atoms with E-state index in [1.54, 1.807) is 6.20 Å². The fourth-order valence-corrected chi connectivity index (χ4v) is 4.31. The van der Waals surface area contributed by atoms with E-state index < -0.39 is 0 Å². The van der Waals surface area contributed by atoms with Crippen LogP contribution in [0.25, 0.3) is 0 Å². The molecule has 1 saturated carbocycles. The van der Waals surface area contributed by atoms with Crippen molar-refractivity contribution in [3.05, 3.63) is 59.3 Å². The number of pyridine rings is 1. The fraction of sp³-hybridized carbons (Fsp3) is 0.500. The minimum atomic E-state index is -0.179. The normalized spacial score (nSPS) is 17.2. The van der Waals surface area contributed by atoms with Gasteiger partial charge in [0.1, 0.15) is 6.10 Å². The first kappa shape index (κ1) is 20.7. The van der Waals surface area contributed by atoms with E-state index in [2.05, 4.69) is 38.7 Å². The molecular formula is C24H32N4O2. The number of aromatic nitrogens is 1. The highest BCUT2D eigenvalue weighted by Gasteiger charge is 2.19. The fourth-order valence-electron chi connectivity index (χ4n) is 4.31. The van der Waals surface area contributed by atoms with Crippen molar-refractivity contribution in [3.63, 3.8) is 0 Å². The second kappa shape index (κ2) is 10.4. The number of ether oxygens (including phenoxy) is 1. The van der Waals surface area contributed by atoms with Gasteiger partial charge in [-0.05, 0) is 68.8 Å². The molecule has 1 saturated heterocycles. The van der Waals surface area contributed by atoms with E-state index in [4.69, 9.17) is 4.74 Å². The van der Waals surface area contributed by atoms with Gasteiger partial charge in [-0.25, -0.2) is 9.78 Å². The third-order valence-electron chi connectivity index (χ3n) is 6.02. The molecule has 0 bridgehead atoms. The van der Waals surface area contributed by atoms with Gasteiger partial charge in [-0.3, -0.25) is 4.90 Å². The average molecular weight is 409 g/mol. The van der Waals surface area contributed by atoms with Crippen LogP contribution in [-0.4, -0.2) is 35.1 Å². The van der Waals surface area contributed by atoms with Crippen molar-refractivity contribution < 1.29 is 9.53 Å². The molecule has 1 aromatic heterocycles. The number of nitrogens with one attached hydrogen (secondary N) is 2. The minimum Gasteiger partial charge on any atom is -0.474 e. The average Bonchev–Trinajstić information content (AvgIpc) is 3.47. The minimum absolute atomic E-state index is 0.179. The van der Waals surface area contributed by atoms with E-state index in [0.717, 1.165) is 24.9 Å². The predicted molar refractivity (Wildman–Crippen MR) is 117 cm³/mol. The molecule has 0 spiro atoms. The Bertz CT molecular complexity index is 762. The topological polar surface area (TPSA) is 66.5 Å². The van der Waals surface area contributed by atoms with Crippen molar-refractivity contribution >= 4 is 6.03 Å². The standard InChI is InChI=1S/C24H32N4O2/c29-24(26-16-19-8-1-2-9-21(19)18-28-14-5-6-15-28)27-17-20-10-7-13-25-23(20)30-22-11-3-4-12-22/h1-2,7-10,13,22H,3-6,11-12,14-18H2,(H2,26,27,29). The van der Waals surface area contributed by atoms with Crippen molar-refractivity contribution in [3.8, 4) is 5.88 Å². The number of carbonyl (C=O) groups is 1. The number of likely N-dealkylation sites (tertiary alicyclic amines) is 1. The van der Waals surface area contributed by atoms with Crippen LogP contribution < -0.4 is 15.4 Å². The molecular weight excluding hydrogens is 376 g/mol. The van der Waals surface area contributed by atoms with Gasteiger partial charge in [0.05, 0.1) is 0 Å². The highest BCUT2D eigenvalue weighted by Crippen LogP contribution is 2.25. The number of rotatable bonds is 8. The van der Waals surface area contributed by atoms with Gasteiger partial charge >= 0.3 is 6.03 Å². The van der Waals surface area contributed by atoms with E-state index in [0.29, 0.717) is 19.0 Å². The van der Waals surface area contributed by atoms with E-state index in [9.17, 15) is 4.79 Å². The molecule has 4 rings (SSSR count). The van der Waals surface area contributed by atoms with Crippen LogP contribution in [0, 0.1) is 0 Å². The van der Waals surface area contributed by atoms with E-state index >= 15 is 0 Å². The molecule has 30 heavy (non-hydrogen) atoms. The molecule has 0 radical (unpaired) electrons. The Morgan fingerprint density at radius 2 is 1.60 bits per heavy atom. The maximum Gasteiger partial charge on any atom is 0.315 e. The van der Waals surface area contributed by atoms with Crippen LogP contribution in [0.1, 0.15) is 55.2 Å². The van der Waals surface area contributed by atoms with Gasteiger partial charge < -0.3 is 15.4 Å². The molecule has 2 fully saturated rings. The van der Waals surface area contributed by atoms with Crippen LogP contribution in [0.3, 0.4) is 0 Å². The number of benzene rings is 1. The third-order valence-corrected chi connectivity index (χ3v) is 6.02. The molecule has 2 heterocycles. The summed E-state index contributed by atoms with van der Waals surface area (Å²) in [7, 11) is 0. The largest absolute Gasteiger partial charge is 0.474 e. The second-order valence-electron chi connectivity index (χ2n) is 8.28. The quantitative estimate of drug-likeness (QED) is 0.693. The smallest absolute Gasteiger partial charge is 0.315 e. The van der Waals surface area contributed by atoms with Crippen molar-refractivity contribution in [1.82, 2.24) is 20.5 Å². The van der Waals surface area contributed by atoms with Gasteiger partial charge in [-0.15, -0.1) is 0 Å². The molecule has 160 valence electrons. The van der Waals surface area contributed by atoms with Crippen LogP contribution in [0.4, 0.5) is 4.79 Å². The van der Waals surface area contributed by atoms with Gasteiger partial charge in [-0.2, -0.15) is 0 Å². The van der Waals surface area contributed by atoms with Gasteiger partial charge in [0, 0.05) is 31.4 Å². The molecule has 0 atom stereocenters. The number of nitrogens with zero attached hydrogens (tertiary/aromatic N) is 2. The van der Waals surface area contributed by atoms with Gasteiger partial charge in [0.15, 0.2) is 0 Å². The second-order valence-corrected chi connectivity index (χ2v) is 8.28.